The molecular formula is C10H16F2. The standard InChI is InChI=1S/C7H6F2.C2H6.CH4/c1-5-4-6(8)2-3-7(5)9;1-2;/h2-4H,1H3;1-2H3;1H4. The molecule has 0 aromatic heterocycles. The second-order valence-corrected chi connectivity index (χ2v) is 1.89. The van der Waals surface area contributed by atoms with Gasteiger partial charge in [0.2, 0.25) is 0 Å². The van der Waals surface area contributed by atoms with Crippen molar-refractivity contribution in [3.63, 3.8) is 0 Å². The quantitative estimate of drug-likeness (QED) is 0.559. The lowest BCUT2D eigenvalue weighted by atomic mass is 10.2. The molecule has 1 aromatic carbocycles. The molecule has 0 N–H and O–H groups in total. The molecule has 0 unspecified atom stereocenters. The Kier molecular flexibility index (Phi) is 7.70. The average molecular weight is 174 g/mol. The van der Waals surface area contributed by atoms with Crippen LogP contribution in [0.1, 0.15) is 26.8 Å². The average Bonchev–Trinajstić information content (AvgIpc) is 2.02. The van der Waals surface area contributed by atoms with Crippen LogP contribution >= 0.6 is 0 Å². The Morgan fingerprint density at radius 3 is 1.92 bits per heavy atom. The van der Waals surface area contributed by atoms with E-state index in [4.69, 9.17) is 0 Å². The number of aryl methyl sites for hydroxylation is 1. The molecule has 0 radical (unpaired) electrons. The summed E-state index contributed by atoms with van der Waals surface area (Å²) in [5, 5.41) is 0. The van der Waals surface area contributed by atoms with Gasteiger partial charge in [0.05, 0.1) is 0 Å². The summed E-state index contributed by atoms with van der Waals surface area (Å²) in [6, 6.07) is 3.38. The molecule has 2 heteroatoms. The maximum absolute atomic E-state index is 12.3. The molecule has 0 spiro atoms. The van der Waals surface area contributed by atoms with E-state index in [0.717, 1.165) is 18.2 Å². The van der Waals surface area contributed by atoms with Crippen LogP contribution in [0.2, 0.25) is 0 Å². The van der Waals surface area contributed by atoms with Crippen LogP contribution in [0, 0.1) is 18.6 Å². The van der Waals surface area contributed by atoms with Gasteiger partial charge in [0.15, 0.2) is 0 Å². The fourth-order valence-corrected chi connectivity index (χ4v) is 0.608. The predicted molar refractivity (Wildman–Crippen MR) is 49.2 cm³/mol. The zero-order valence-corrected chi connectivity index (χ0v) is 6.99. The van der Waals surface area contributed by atoms with Gasteiger partial charge in [-0.05, 0) is 30.7 Å². The van der Waals surface area contributed by atoms with Gasteiger partial charge < -0.3 is 0 Å². The van der Waals surface area contributed by atoms with E-state index in [2.05, 4.69) is 0 Å². The highest BCUT2D eigenvalue weighted by molar-refractivity contribution is 5.16. The molecule has 0 aliphatic carbocycles. The van der Waals surface area contributed by atoms with Gasteiger partial charge in [0.25, 0.3) is 0 Å². The van der Waals surface area contributed by atoms with Crippen molar-refractivity contribution in [3.05, 3.63) is 35.4 Å². The van der Waals surface area contributed by atoms with Gasteiger partial charge in [-0.2, -0.15) is 0 Å². The van der Waals surface area contributed by atoms with E-state index in [9.17, 15) is 8.78 Å². The monoisotopic (exact) mass is 174 g/mol. The molecule has 0 heterocycles. The van der Waals surface area contributed by atoms with Crippen molar-refractivity contribution in [2.75, 3.05) is 0 Å². The first-order valence-corrected chi connectivity index (χ1v) is 3.62. The largest absolute Gasteiger partial charge is 0.207 e. The van der Waals surface area contributed by atoms with Crippen LogP contribution in [0.5, 0.6) is 0 Å². The van der Waals surface area contributed by atoms with Gasteiger partial charge in [-0.1, -0.05) is 21.3 Å². The van der Waals surface area contributed by atoms with Crippen molar-refractivity contribution in [1.82, 2.24) is 0 Å². The fraction of sp³-hybridized carbons (Fsp3) is 0.400. The van der Waals surface area contributed by atoms with Gasteiger partial charge >= 0.3 is 0 Å². The predicted octanol–water partition coefficient (Wildman–Crippen LogP) is 3.94. The lowest BCUT2D eigenvalue weighted by Crippen LogP contribution is -1.81. The van der Waals surface area contributed by atoms with E-state index < -0.39 is 5.82 Å². The van der Waals surface area contributed by atoms with Crippen LogP contribution in [0.4, 0.5) is 8.78 Å². The first-order valence-electron chi connectivity index (χ1n) is 3.62. The van der Waals surface area contributed by atoms with Crippen molar-refractivity contribution in [1.29, 1.82) is 0 Å². The zero-order chi connectivity index (χ0) is 8.85. The van der Waals surface area contributed by atoms with Crippen LogP contribution in [-0.4, -0.2) is 0 Å². The van der Waals surface area contributed by atoms with Crippen LogP contribution in [-0.2, 0) is 0 Å². The van der Waals surface area contributed by atoms with E-state index >= 15 is 0 Å². The summed E-state index contributed by atoms with van der Waals surface area (Å²) in [5.41, 5.74) is 0.343. The first kappa shape index (κ1) is 13.7. The van der Waals surface area contributed by atoms with Gasteiger partial charge in [-0.15, -0.1) is 0 Å². The zero-order valence-electron chi connectivity index (χ0n) is 6.99. The third-order valence-corrected chi connectivity index (χ3v) is 1.12. The van der Waals surface area contributed by atoms with Crippen molar-refractivity contribution in [2.45, 2.75) is 28.2 Å². The summed E-state index contributed by atoms with van der Waals surface area (Å²) in [5.74, 6) is -0.759. The minimum absolute atomic E-state index is 0. The van der Waals surface area contributed by atoms with Crippen LogP contribution < -0.4 is 0 Å². The SMILES string of the molecule is C.CC.Cc1cc(F)ccc1F. The van der Waals surface area contributed by atoms with E-state index in [1.54, 1.807) is 0 Å². The summed E-state index contributed by atoms with van der Waals surface area (Å²) in [6.07, 6.45) is 0. The maximum Gasteiger partial charge on any atom is 0.126 e. The Balaban J connectivity index is 0. The van der Waals surface area contributed by atoms with Crippen molar-refractivity contribution in [2.24, 2.45) is 0 Å². The number of benzene rings is 1. The molecule has 12 heavy (non-hydrogen) atoms. The Hall–Kier alpha value is -0.920. The minimum atomic E-state index is -0.395. The van der Waals surface area contributed by atoms with Gasteiger partial charge in [0, 0.05) is 0 Å². The third kappa shape index (κ3) is 4.06. The summed E-state index contributed by atoms with van der Waals surface area (Å²) in [7, 11) is 0. The summed E-state index contributed by atoms with van der Waals surface area (Å²) in [6.45, 7) is 5.53. The van der Waals surface area contributed by atoms with Crippen molar-refractivity contribution < 1.29 is 8.78 Å². The van der Waals surface area contributed by atoms with E-state index in [0.29, 0.717) is 5.56 Å². The van der Waals surface area contributed by atoms with Gasteiger partial charge in [-0.25, -0.2) is 8.78 Å². The maximum atomic E-state index is 12.3. The Bertz CT molecular complexity index is 219. The molecular weight excluding hydrogens is 158 g/mol. The fourth-order valence-electron chi connectivity index (χ4n) is 0.608. The third-order valence-electron chi connectivity index (χ3n) is 1.12. The van der Waals surface area contributed by atoms with Crippen molar-refractivity contribution >= 4 is 0 Å². The summed E-state index contributed by atoms with van der Waals surface area (Å²) in [4.78, 5) is 0. The lowest BCUT2D eigenvalue weighted by molar-refractivity contribution is 0.592. The number of hydrogen-bond donors (Lipinski definition) is 0. The van der Waals surface area contributed by atoms with E-state index in [1.807, 2.05) is 13.8 Å². The van der Waals surface area contributed by atoms with E-state index in [1.165, 1.54) is 6.92 Å². The molecule has 0 amide bonds. The topological polar surface area (TPSA) is 0 Å². The van der Waals surface area contributed by atoms with Crippen LogP contribution in [0.3, 0.4) is 0 Å². The van der Waals surface area contributed by atoms with Crippen molar-refractivity contribution in [3.8, 4) is 0 Å². The molecule has 0 atom stereocenters. The summed E-state index contributed by atoms with van der Waals surface area (Å²) >= 11 is 0. The van der Waals surface area contributed by atoms with Gasteiger partial charge in [-0.3, -0.25) is 0 Å². The smallest absolute Gasteiger partial charge is 0.126 e. The Labute approximate surface area is 73.2 Å². The number of hydrogen-bond acceptors (Lipinski definition) is 0. The molecule has 0 saturated carbocycles. The molecule has 1 aromatic rings. The molecule has 0 bridgehead atoms. The molecule has 0 fully saturated rings. The molecule has 1 rings (SSSR count). The second kappa shape index (κ2) is 6.77. The molecule has 0 saturated heterocycles. The second-order valence-electron chi connectivity index (χ2n) is 1.89. The van der Waals surface area contributed by atoms with Crippen LogP contribution in [0.25, 0.3) is 0 Å². The van der Waals surface area contributed by atoms with E-state index in [-0.39, 0.29) is 13.2 Å². The number of halogens is 2. The van der Waals surface area contributed by atoms with Gasteiger partial charge in [0.1, 0.15) is 11.6 Å². The Morgan fingerprint density at radius 2 is 1.58 bits per heavy atom. The highest BCUT2D eigenvalue weighted by Crippen LogP contribution is 2.06. The molecule has 0 aliphatic heterocycles. The number of rotatable bonds is 0. The summed E-state index contributed by atoms with van der Waals surface area (Å²) < 4.78 is 24.5. The highest BCUT2D eigenvalue weighted by Gasteiger charge is 1.95. The minimum Gasteiger partial charge on any atom is -0.207 e. The van der Waals surface area contributed by atoms with Crippen LogP contribution in [0.15, 0.2) is 18.2 Å². The first-order chi connectivity index (χ1) is 5.20. The Morgan fingerprint density at radius 1 is 1.08 bits per heavy atom. The molecule has 70 valence electrons. The lowest BCUT2D eigenvalue weighted by Gasteiger charge is -1.92. The normalized spacial score (nSPS) is 7.75. The molecule has 0 nitrogen and oxygen atoms in total. The molecule has 0 aliphatic rings. The highest BCUT2D eigenvalue weighted by atomic mass is 19.1.